The van der Waals surface area contributed by atoms with Crippen molar-refractivity contribution in [3.05, 3.63) is 35.6 Å². The van der Waals surface area contributed by atoms with Crippen LogP contribution in [0.3, 0.4) is 0 Å². The molecule has 0 unspecified atom stereocenters. The Bertz CT molecular complexity index is 700. The van der Waals surface area contributed by atoms with Gasteiger partial charge in [0, 0.05) is 12.2 Å². The normalized spacial score (nSPS) is 13.6. The Morgan fingerprint density at radius 1 is 1.00 bits per heavy atom. The SMILES string of the molecule is CN=C([S-])N/N=C(C)/C(C)=N/N=C(\[S-])N/N=C/c1ccc(F)cc1.[64Cu+2]. The Balaban J connectivity index is 0.00000576. The van der Waals surface area contributed by atoms with Crippen LogP contribution in [0.15, 0.2) is 49.7 Å². The van der Waals surface area contributed by atoms with Gasteiger partial charge in [-0.25, -0.2) is 4.39 Å². The molecule has 0 saturated heterocycles. The summed E-state index contributed by atoms with van der Waals surface area (Å²) in [5, 5.41) is 16.0. The molecule has 0 aliphatic heterocycles. The van der Waals surface area contributed by atoms with Crippen LogP contribution >= 0.6 is 0 Å². The Labute approximate surface area is 167 Å². The average molecular weight is 429 g/mol. The summed E-state index contributed by atoms with van der Waals surface area (Å²) in [4.78, 5) is 3.74. The molecule has 0 saturated carbocycles. The van der Waals surface area contributed by atoms with E-state index in [1.54, 1.807) is 33.0 Å². The number of hydrogen-bond donors (Lipinski definition) is 2. The zero-order valence-corrected chi connectivity index (χ0v) is 16.2. The summed E-state index contributed by atoms with van der Waals surface area (Å²) < 4.78 is 12.8. The third-order valence-electron chi connectivity index (χ3n) is 2.58. The summed E-state index contributed by atoms with van der Waals surface area (Å²) in [5.74, 6) is -0.310. The molecule has 1 rings (SSSR count). The molecule has 1 aromatic carbocycles. The second kappa shape index (κ2) is 12.4. The average Bonchev–Trinajstić information content (AvgIpc) is 2.58. The number of nitrogens with one attached hydrogen (secondary N) is 2. The van der Waals surface area contributed by atoms with Crippen LogP contribution in [0.4, 0.5) is 4.39 Å². The summed E-state index contributed by atoms with van der Waals surface area (Å²) in [6, 6.07) is 5.85. The first-order valence-electron chi connectivity index (χ1n) is 6.70. The van der Waals surface area contributed by atoms with Crippen molar-refractivity contribution in [3.63, 3.8) is 0 Å². The van der Waals surface area contributed by atoms with Gasteiger partial charge in [-0.2, -0.15) is 20.4 Å². The van der Waals surface area contributed by atoms with Crippen LogP contribution in [-0.2, 0) is 42.3 Å². The number of halogens is 1. The van der Waals surface area contributed by atoms with Crippen molar-refractivity contribution in [1.82, 2.24) is 10.9 Å². The molecule has 137 valence electrons. The number of nitrogens with zero attached hydrogens (tertiary/aromatic N) is 5. The van der Waals surface area contributed by atoms with E-state index in [-0.39, 0.29) is 33.2 Å². The van der Waals surface area contributed by atoms with E-state index in [4.69, 9.17) is 25.3 Å². The number of benzene rings is 1. The van der Waals surface area contributed by atoms with E-state index in [0.717, 1.165) is 5.56 Å². The van der Waals surface area contributed by atoms with Gasteiger partial charge in [0.2, 0.25) is 0 Å². The molecule has 0 atom stereocenters. The van der Waals surface area contributed by atoms with Gasteiger partial charge in [0.1, 0.15) is 5.82 Å². The van der Waals surface area contributed by atoms with Crippen LogP contribution in [0.25, 0.3) is 0 Å². The van der Waals surface area contributed by atoms with Gasteiger partial charge >= 0.3 is 17.1 Å². The minimum atomic E-state index is -0.310. The molecule has 0 aromatic heterocycles. The van der Waals surface area contributed by atoms with Crippen LogP contribution in [0.2, 0.25) is 0 Å². The third kappa shape index (κ3) is 9.82. The third-order valence-corrected chi connectivity index (χ3v) is 3.03. The number of amidine groups is 2. The summed E-state index contributed by atoms with van der Waals surface area (Å²) in [6.45, 7) is 3.46. The van der Waals surface area contributed by atoms with Gasteiger partial charge in [-0.1, -0.05) is 12.1 Å². The molecule has 1 radical (unpaired) electrons. The molecule has 0 aliphatic rings. The maximum Gasteiger partial charge on any atom is 2.00 e. The van der Waals surface area contributed by atoms with Crippen molar-refractivity contribution in [3.8, 4) is 0 Å². The van der Waals surface area contributed by atoms with Crippen LogP contribution in [0.1, 0.15) is 19.4 Å². The predicted molar refractivity (Wildman–Crippen MR) is 102 cm³/mol. The zero-order valence-electron chi connectivity index (χ0n) is 13.6. The molecule has 11 heteroatoms. The largest absolute Gasteiger partial charge is 2.00 e. The van der Waals surface area contributed by atoms with Crippen molar-refractivity contribution >= 4 is 53.2 Å². The van der Waals surface area contributed by atoms with E-state index in [1.165, 1.54) is 18.3 Å². The van der Waals surface area contributed by atoms with E-state index in [2.05, 4.69) is 36.2 Å². The van der Waals surface area contributed by atoms with Crippen molar-refractivity contribution in [2.24, 2.45) is 25.4 Å². The van der Waals surface area contributed by atoms with Gasteiger partial charge in [-0.15, -0.1) is 0 Å². The number of hydrazone groups is 2. The monoisotopic (exact) mass is 429 g/mol. The van der Waals surface area contributed by atoms with E-state index in [9.17, 15) is 4.39 Å². The maximum atomic E-state index is 12.8. The van der Waals surface area contributed by atoms with Gasteiger partial charge < -0.3 is 25.3 Å². The minimum Gasteiger partial charge on any atom is -0.741 e. The fraction of sp³-hybridized carbons (Fsp3) is 0.214. The summed E-state index contributed by atoms with van der Waals surface area (Å²) in [5.41, 5.74) is 6.98. The molecule has 0 amide bonds. The van der Waals surface area contributed by atoms with Gasteiger partial charge in [0.05, 0.1) is 17.6 Å². The van der Waals surface area contributed by atoms with Crippen LogP contribution in [-0.4, -0.2) is 35.0 Å². The first kappa shape index (κ1) is 23.1. The van der Waals surface area contributed by atoms with Gasteiger partial charge in [0.25, 0.3) is 0 Å². The first-order valence-corrected chi connectivity index (χ1v) is 7.52. The Morgan fingerprint density at radius 2 is 1.64 bits per heavy atom. The van der Waals surface area contributed by atoms with Gasteiger partial charge in [-0.05, 0) is 36.7 Å². The molecule has 0 heterocycles. The molecule has 1 aromatic rings. The molecule has 25 heavy (non-hydrogen) atoms. The molecule has 0 bridgehead atoms. The number of rotatable bonds is 5. The minimum absolute atomic E-state index is 0. The maximum absolute atomic E-state index is 12.8. The van der Waals surface area contributed by atoms with Crippen molar-refractivity contribution < 1.29 is 21.5 Å². The topological polar surface area (TPSA) is 85.9 Å². The van der Waals surface area contributed by atoms with Crippen molar-refractivity contribution in [1.29, 1.82) is 0 Å². The van der Waals surface area contributed by atoms with Crippen LogP contribution < -0.4 is 10.9 Å². The van der Waals surface area contributed by atoms with E-state index >= 15 is 0 Å². The molecule has 0 spiro atoms. The molecule has 7 nitrogen and oxygen atoms in total. The van der Waals surface area contributed by atoms with Crippen LogP contribution in [0.5, 0.6) is 0 Å². The van der Waals surface area contributed by atoms with Crippen LogP contribution in [0, 0.1) is 5.82 Å². The quantitative estimate of drug-likeness (QED) is 0.244. The second-order valence-corrected chi connectivity index (χ2v) is 5.12. The summed E-state index contributed by atoms with van der Waals surface area (Å²) in [7, 11) is 1.56. The Kier molecular flexibility index (Phi) is 11.5. The first-order chi connectivity index (χ1) is 11.4. The number of aliphatic imine (C=N–C) groups is 1. The molecular formula is C14H16CuFN7S2. The molecule has 2 N–H and O–H groups in total. The molecular weight excluding hydrogens is 413 g/mol. The molecule has 0 aliphatic carbocycles. The van der Waals surface area contributed by atoms with E-state index < -0.39 is 0 Å². The zero-order chi connectivity index (χ0) is 17.9. The molecule has 0 fully saturated rings. The predicted octanol–water partition coefficient (Wildman–Crippen LogP) is 1.52. The summed E-state index contributed by atoms with van der Waals surface area (Å²) in [6.07, 6.45) is 1.49. The second-order valence-electron chi connectivity index (χ2n) is 4.35. The fourth-order valence-corrected chi connectivity index (χ4v) is 1.33. The standard InChI is InChI=1S/C14H18FN7S2.Cu/c1-9(18-21-13(23)16-3)10(2)19-22-14(24)20-17-8-11-4-6-12(15)7-5-11;/h4-8H,1-3H3,(H2,16,21,23)(H2,20,22,24);/q;+2/p-2/b17-8+,18-9+,19-10+;/i;1+0. The number of hydrogen-bond acceptors (Lipinski definition) is 7. The Hall–Kier alpha value is -1.94. The van der Waals surface area contributed by atoms with Crippen molar-refractivity contribution in [2.75, 3.05) is 7.05 Å². The summed E-state index contributed by atoms with van der Waals surface area (Å²) >= 11 is 9.82. The van der Waals surface area contributed by atoms with Gasteiger partial charge in [-0.3, -0.25) is 15.8 Å². The Morgan fingerprint density at radius 3 is 2.24 bits per heavy atom. The van der Waals surface area contributed by atoms with Crippen molar-refractivity contribution in [2.45, 2.75) is 13.8 Å². The smallest absolute Gasteiger partial charge is 0.741 e. The fourth-order valence-electron chi connectivity index (χ4n) is 1.19. The van der Waals surface area contributed by atoms with E-state index in [0.29, 0.717) is 11.4 Å². The van der Waals surface area contributed by atoms with E-state index in [1.807, 2.05) is 0 Å². The van der Waals surface area contributed by atoms with Gasteiger partial charge in [0.15, 0.2) is 0 Å².